The lowest BCUT2D eigenvalue weighted by Crippen LogP contribution is -2.42. The Hall–Kier alpha value is -0.680. The Morgan fingerprint density at radius 3 is 2.50 bits per heavy atom. The number of H-pyrrole nitrogens is 1. The van der Waals surface area contributed by atoms with Crippen LogP contribution in [0.4, 0.5) is 0 Å². The summed E-state index contributed by atoms with van der Waals surface area (Å²) in [6, 6.07) is 0. The standard InChI is InChI=1S/C12H19ClN2O2S/c1-5-6-8-9(13)14-11(17)15(10(8)16)7-12(2,3)18-4/h5-7H2,1-4H3,(H,14,17). The van der Waals surface area contributed by atoms with Gasteiger partial charge >= 0.3 is 5.69 Å². The molecule has 4 nitrogen and oxygen atoms in total. The minimum Gasteiger partial charge on any atom is -0.297 e. The highest BCUT2D eigenvalue weighted by Gasteiger charge is 2.21. The molecule has 0 radical (unpaired) electrons. The van der Waals surface area contributed by atoms with Crippen LogP contribution in [0, 0.1) is 0 Å². The molecule has 0 fully saturated rings. The normalized spacial score (nSPS) is 11.8. The Bertz CT molecular complexity index is 534. The second kappa shape index (κ2) is 5.97. The first-order valence-corrected chi connectivity index (χ1v) is 7.49. The molecule has 1 heterocycles. The second-order valence-electron chi connectivity index (χ2n) is 4.83. The van der Waals surface area contributed by atoms with Gasteiger partial charge in [-0.3, -0.25) is 14.3 Å². The average molecular weight is 291 g/mol. The van der Waals surface area contributed by atoms with Gasteiger partial charge in [-0.05, 0) is 26.5 Å². The number of thioether (sulfide) groups is 1. The maximum atomic E-state index is 12.2. The molecule has 0 aliphatic carbocycles. The molecule has 0 unspecified atom stereocenters. The molecule has 0 saturated carbocycles. The summed E-state index contributed by atoms with van der Waals surface area (Å²) in [5.41, 5.74) is -0.213. The van der Waals surface area contributed by atoms with E-state index < -0.39 is 5.69 Å². The molecule has 1 aromatic heterocycles. The fourth-order valence-electron chi connectivity index (χ4n) is 1.64. The highest BCUT2D eigenvalue weighted by atomic mass is 35.5. The molecule has 0 saturated heterocycles. The number of hydrogen-bond donors (Lipinski definition) is 1. The van der Waals surface area contributed by atoms with Crippen molar-refractivity contribution in [2.75, 3.05) is 6.26 Å². The van der Waals surface area contributed by atoms with Gasteiger partial charge in [-0.2, -0.15) is 11.8 Å². The van der Waals surface area contributed by atoms with Crippen molar-refractivity contribution in [3.05, 3.63) is 31.6 Å². The van der Waals surface area contributed by atoms with Gasteiger partial charge in [-0.25, -0.2) is 4.79 Å². The molecule has 1 rings (SSSR count). The van der Waals surface area contributed by atoms with Crippen molar-refractivity contribution in [1.29, 1.82) is 0 Å². The van der Waals surface area contributed by atoms with E-state index in [2.05, 4.69) is 4.98 Å². The number of aromatic nitrogens is 2. The lowest BCUT2D eigenvalue weighted by molar-refractivity contribution is 0.526. The zero-order valence-corrected chi connectivity index (χ0v) is 12.7. The zero-order chi connectivity index (χ0) is 13.9. The monoisotopic (exact) mass is 290 g/mol. The molecule has 102 valence electrons. The van der Waals surface area contributed by atoms with Crippen LogP contribution in [0.1, 0.15) is 32.8 Å². The van der Waals surface area contributed by atoms with Gasteiger partial charge in [-0.15, -0.1) is 0 Å². The van der Waals surface area contributed by atoms with Gasteiger partial charge in [-0.1, -0.05) is 24.9 Å². The average Bonchev–Trinajstić information content (AvgIpc) is 2.30. The summed E-state index contributed by atoms with van der Waals surface area (Å²) in [5, 5.41) is 0.171. The van der Waals surface area contributed by atoms with Gasteiger partial charge in [0.05, 0.1) is 5.56 Å². The van der Waals surface area contributed by atoms with Gasteiger partial charge < -0.3 is 0 Å². The third kappa shape index (κ3) is 3.42. The van der Waals surface area contributed by atoms with Gasteiger partial charge in [0.1, 0.15) is 5.15 Å². The third-order valence-corrected chi connectivity index (χ3v) is 4.38. The minimum atomic E-state index is -0.438. The second-order valence-corrected chi connectivity index (χ2v) is 6.72. The van der Waals surface area contributed by atoms with Crippen LogP contribution in [-0.2, 0) is 13.0 Å². The van der Waals surface area contributed by atoms with Crippen LogP contribution in [0.25, 0.3) is 0 Å². The van der Waals surface area contributed by atoms with Crippen LogP contribution in [-0.4, -0.2) is 20.6 Å². The first-order chi connectivity index (χ1) is 8.32. The summed E-state index contributed by atoms with van der Waals surface area (Å²) in [6.45, 7) is 6.34. The van der Waals surface area contributed by atoms with Crippen molar-refractivity contribution in [3.63, 3.8) is 0 Å². The maximum Gasteiger partial charge on any atom is 0.329 e. The smallest absolute Gasteiger partial charge is 0.297 e. The molecule has 0 bridgehead atoms. The van der Waals surface area contributed by atoms with E-state index in [1.165, 1.54) is 4.57 Å². The van der Waals surface area contributed by atoms with Crippen LogP contribution >= 0.6 is 23.4 Å². The molecule has 0 aliphatic heterocycles. The van der Waals surface area contributed by atoms with Crippen molar-refractivity contribution in [3.8, 4) is 0 Å². The number of rotatable bonds is 5. The molecule has 1 N–H and O–H groups in total. The van der Waals surface area contributed by atoms with E-state index in [1.807, 2.05) is 27.0 Å². The molecule has 0 aliphatic rings. The van der Waals surface area contributed by atoms with Crippen molar-refractivity contribution < 1.29 is 0 Å². The molecule has 0 aromatic carbocycles. The third-order valence-electron chi connectivity index (χ3n) is 2.82. The van der Waals surface area contributed by atoms with Crippen molar-refractivity contribution in [1.82, 2.24) is 9.55 Å². The number of halogens is 1. The van der Waals surface area contributed by atoms with Crippen LogP contribution in [0.15, 0.2) is 9.59 Å². The molecule has 6 heteroatoms. The van der Waals surface area contributed by atoms with Crippen LogP contribution < -0.4 is 11.2 Å². The number of nitrogens with zero attached hydrogens (tertiary/aromatic N) is 1. The topological polar surface area (TPSA) is 54.9 Å². The minimum absolute atomic E-state index is 0.171. The van der Waals surface area contributed by atoms with Crippen LogP contribution in [0.2, 0.25) is 5.15 Å². The van der Waals surface area contributed by atoms with Crippen LogP contribution in [0.3, 0.4) is 0 Å². The van der Waals surface area contributed by atoms with Crippen molar-refractivity contribution in [2.24, 2.45) is 0 Å². The predicted octanol–water partition coefficient (Wildman–Crippen LogP) is 2.28. The molecule has 0 amide bonds. The molecule has 0 atom stereocenters. The summed E-state index contributed by atoms with van der Waals surface area (Å²) >= 11 is 7.53. The van der Waals surface area contributed by atoms with Crippen molar-refractivity contribution >= 4 is 23.4 Å². The Morgan fingerprint density at radius 1 is 1.39 bits per heavy atom. The molecular weight excluding hydrogens is 272 g/mol. The summed E-state index contributed by atoms with van der Waals surface area (Å²) in [4.78, 5) is 26.6. The van der Waals surface area contributed by atoms with E-state index in [9.17, 15) is 9.59 Å². The molecule has 1 aromatic rings. The van der Waals surface area contributed by atoms with Gasteiger partial charge in [0, 0.05) is 11.3 Å². The Labute approximate surface area is 116 Å². The van der Waals surface area contributed by atoms with Gasteiger partial charge in [0.25, 0.3) is 5.56 Å². The van der Waals surface area contributed by atoms with Gasteiger partial charge in [0.15, 0.2) is 0 Å². The molecular formula is C12H19ClN2O2S. The van der Waals surface area contributed by atoms with Crippen LogP contribution in [0.5, 0.6) is 0 Å². The van der Waals surface area contributed by atoms with E-state index in [-0.39, 0.29) is 15.5 Å². The largest absolute Gasteiger partial charge is 0.329 e. The lowest BCUT2D eigenvalue weighted by Gasteiger charge is -2.22. The number of nitrogens with one attached hydrogen (secondary N) is 1. The molecule has 18 heavy (non-hydrogen) atoms. The Morgan fingerprint density at radius 2 is 2.00 bits per heavy atom. The zero-order valence-electron chi connectivity index (χ0n) is 11.2. The lowest BCUT2D eigenvalue weighted by atomic mass is 10.2. The maximum absolute atomic E-state index is 12.2. The van der Waals surface area contributed by atoms with E-state index in [1.54, 1.807) is 11.8 Å². The van der Waals surface area contributed by atoms with E-state index >= 15 is 0 Å². The summed E-state index contributed by atoms with van der Waals surface area (Å²) < 4.78 is 1.07. The number of hydrogen-bond acceptors (Lipinski definition) is 3. The first kappa shape index (κ1) is 15.4. The summed E-state index contributed by atoms with van der Waals surface area (Å²) in [5.74, 6) is 0. The van der Waals surface area contributed by atoms with Crippen molar-refractivity contribution in [2.45, 2.75) is 44.9 Å². The van der Waals surface area contributed by atoms with Gasteiger partial charge in [0.2, 0.25) is 0 Å². The Balaban J connectivity index is 3.33. The first-order valence-electron chi connectivity index (χ1n) is 5.89. The molecule has 0 spiro atoms. The summed E-state index contributed by atoms with van der Waals surface area (Å²) in [6.07, 6.45) is 3.35. The Kier molecular flexibility index (Phi) is 5.10. The van der Waals surface area contributed by atoms with E-state index in [4.69, 9.17) is 11.6 Å². The highest BCUT2D eigenvalue weighted by Crippen LogP contribution is 2.22. The predicted molar refractivity (Wildman–Crippen MR) is 77.9 cm³/mol. The van der Waals surface area contributed by atoms with E-state index in [0.717, 1.165) is 6.42 Å². The fourth-order valence-corrected chi connectivity index (χ4v) is 2.16. The fraction of sp³-hybridized carbons (Fsp3) is 0.667. The quantitative estimate of drug-likeness (QED) is 0.847. The SMILES string of the molecule is CCCc1c(Cl)[nH]c(=O)n(CC(C)(C)SC)c1=O. The highest BCUT2D eigenvalue weighted by molar-refractivity contribution is 7.99. The number of aromatic amines is 1. The summed E-state index contributed by atoms with van der Waals surface area (Å²) in [7, 11) is 0. The van der Waals surface area contributed by atoms with E-state index in [0.29, 0.717) is 18.5 Å².